The third-order valence-electron chi connectivity index (χ3n) is 1.27. The largest absolute Gasteiger partial charge is 0.268 e. The van der Waals surface area contributed by atoms with Gasteiger partial charge < -0.3 is 0 Å². The zero-order valence-electron chi connectivity index (χ0n) is 7.41. The van der Waals surface area contributed by atoms with Gasteiger partial charge in [0.05, 0.1) is 5.75 Å². The van der Waals surface area contributed by atoms with Crippen molar-refractivity contribution in [2.45, 2.75) is 32.8 Å². The van der Waals surface area contributed by atoms with Gasteiger partial charge in [-0.2, -0.15) is 8.42 Å². The van der Waals surface area contributed by atoms with Crippen molar-refractivity contribution in [2.75, 3.05) is 5.75 Å². The van der Waals surface area contributed by atoms with Crippen LogP contribution in [0.15, 0.2) is 0 Å². The summed E-state index contributed by atoms with van der Waals surface area (Å²) in [6.45, 7) is 3.45. The van der Waals surface area contributed by atoms with Gasteiger partial charge in [0.15, 0.2) is 0 Å². The molecular formula is C8H14O3S. The number of hydrogen-bond acceptors (Lipinski definition) is 3. The lowest BCUT2D eigenvalue weighted by Crippen LogP contribution is -2.16. The second kappa shape index (κ2) is 5.18. The lowest BCUT2D eigenvalue weighted by atomic mass is 10.4. The lowest BCUT2D eigenvalue weighted by molar-refractivity contribution is 0.283. The fourth-order valence-corrected chi connectivity index (χ4v) is 1.85. The summed E-state index contributed by atoms with van der Waals surface area (Å²) < 4.78 is 26.7. The molecule has 1 atom stereocenters. The maximum absolute atomic E-state index is 11.0. The second-order valence-corrected chi connectivity index (χ2v) is 4.24. The van der Waals surface area contributed by atoms with Gasteiger partial charge in [0.2, 0.25) is 0 Å². The molecule has 0 aliphatic rings. The average molecular weight is 190 g/mol. The highest BCUT2D eigenvalue weighted by atomic mass is 32.2. The summed E-state index contributed by atoms with van der Waals surface area (Å²) in [5.74, 6) is 2.25. The maximum atomic E-state index is 11.0. The van der Waals surface area contributed by atoms with Gasteiger partial charge in [0.25, 0.3) is 10.1 Å². The Hall–Kier alpha value is -0.530. The van der Waals surface area contributed by atoms with E-state index in [-0.39, 0.29) is 5.75 Å². The minimum atomic E-state index is -3.40. The van der Waals surface area contributed by atoms with Crippen LogP contribution in [-0.4, -0.2) is 20.3 Å². The lowest BCUT2D eigenvalue weighted by Gasteiger charge is -2.06. The van der Waals surface area contributed by atoms with Crippen LogP contribution in [0.2, 0.25) is 0 Å². The molecule has 0 radical (unpaired) electrons. The SMILES string of the molecule is C#CC(C)OS(=O)(=O)CCCC. The molecule has 0 saturated heterocycles. The van der Waals surface area contributed by atoms with Gasteiger partial charge in [-0.15, -0.1) is 6.42 Å². The topological polar surface area (TPSA) is 43.4 Å². The maximum Gasteiger partial charge on any atom is 0.268 e. The molecule has 0 rings (SSSR count). The molecule has 4 heteroatoms. The molecule has 12 heavy (non-hydrogen) atoms. The molecule has 0 heterocycles. The number of hydrogen-bond donors (Lipinski definition) is 0. The van der Waals surface area contributed by atoms with Crippen molar-refractivity contribution in [2.24, 2.45) is 0 Å². The predicted octanol–water partition coefficient (Wildman–Crippen LogP) is 1.15. The van der Waals surface area contributed by atoms with Crippen LogP contribution < -0.4 is 0 Å². The zero-order valence-corrected chi connectivity index (χ0v) is 8.23. The van der Waals surface area contributed by atoms with Crippen LogP contribution in [0.3, 0.4) is 0 Å². The molecule has 0 bridgehead atoms. The van der Waals surface area contributed by atoms with E-state index in [1.54, 1.807) is 0 Å². The molecule has 70 valence electrons. The number of unbranched alkanes of at least 4 members (excludes halogenated alkanes) is 1. The van der Waals surface area contributed by atoms with Crippen LogP contribution in [0.1, 0.15) is 26.7 Å². The summed E-state index contributed by atoms with van der Waals surface area (Å²) in [6, 6.07) is 0. The van der Waals surface area contributed by atoms with Crippen molar-refractivity contribution < 1.29 is 12.6 Å². The van der Waals surface area contributed by atoms with Gasteiger partial charge in [-0.25, -0.2) is 0 Å². The van der Waals surface area contributed by atoms with E-state index in [0.717, 1.165) is 6.42 Å². The Labute approximate surface area is 74.2 Å². The first kappa shape index (κ1) is 11.5. The van der Waals surface area contributed by atoms with Gasteiger partial charge in [-0.3, -0.25) is 4.18 Å². The summed E-state index contributed by atoms with van der Waals surface area (Å²) in [5, 5.41) is 0. The van der Waals surface area contributed by atoms with E-state index < -0.39 is 16.2 Å². The van der Waals surface area contributed by atoms with Crippen molar-refractivity contribution >= 4 is 10.1 Å². The van der Waals surface area contributed by atoms with Crippen molar-refractivity contribution in [3.63, 3.8) is 0 Å². The van der Waals surface area contributed by atoms with Crippen LogP contribution in [0.4, 0.5) is 0 Å². The van der Waals surface area contributed by atoms with E-state index >= 15 is 0 Å². The third-order valence-corrected chi connectivity index (χ3v) is 2.64. The van der Waals surface area contributed by atoms with Crippen LogP contribution in [0.5, 0.6) is 0 Å². The zero-order chi connectivity index (χ0) is 9.61. The minimum absolute atomic E-state index is 0.0511. The standard InChI is InChI=1S/C8H14O3S/c1-4-6-7-12(9,10)11-8(3)5-2/h2,8H,4,6-7H2,1,3H3. The number of rotatable bonds is 5. The molecule has 1 unspecified atom stereocenters. The van der Waals surface area contributed by atoms with Crippen molar-refractivity contribution in [3.8, 4) is 12.3 Å². The molecule has 0 amide bonds. The van der Waals surface area contributed by atoms with E-state index in [2.05, 4.69) is 10.1 Å². The molecule has 0 aromatic carbocycles. The highest BCUT2D eigenvalue weighted by Gasteiger charge is 2.13. The molecule has 3 nitrogen and oxygen atoms in total. The molecule has 0 aromatic rings. The molecular weight excluding hydrogens is 176 g/mol. The van der Waals surface area contributed by atoms with Crippen molar-refractivity contribution in [1.29, 1.82) is 0 Å². The molecule has 0 saturated carbocycles. The number of terminal acetylenes is 1. The smallest absolute Gasteiger partial charge is 0.254 e. The Morgan fingerprint density at radius 3 is 2.58 bits per heavy atom. The molecule has 0 aromatic heterocycles. The Bertz CT molecular complexity index is 248. The Morgan fingerprint density at radius 2 is 2.17 bits per heavy atom. The highest BCUT2D eigenvalue weighted by Crippen LogP contribution is 2.02. The van der Waals surface area contributed by atoms with Crippen LogP contribution >= 0.6 is 0 Å². The first-order valence-electron chi connectivity index (χ1n) is 3.89. The second-order valence-electron chi connectivity index (χ2n) is 2.52. The van der Waals surface area contributed by atoms with Crippen LogP contribution in [0, 0.1) is 12.3 Å². The summed E-state index contributed by atoms with van der Waals surface area (Å²) >= 11 is 0. The fourth-order valence-electron chi connectivity index (χ4n) is 0.617. The third kappa shape index (κ3) is 5.16. The van der Waals surface area contributed by atoms with Crippen LogP contribution in [0.25, 0.3) is 0 Å². The highest BCUT2D eigenvalue weighted by molar-refractivity contribution is 7.86. The van der Waals surface area contributed by atoms with Gasteiger partial charge >= 0.3 is 0 Å². The average Bonchev–Trinajstić information content (AvgIpc) is 2.00. The quantitative estimate of drug-likeness (QED) is 0.482. The van der Waals surface area contributed by atoms with Crippen molar-refractivity contribution in [1.82, 2.24) is 0 Å². The Morgan fingerprint density at radius 1 is 1.58 bits per heavy atom. The first-order valence-corrected chi connectivity index (χ1v) is 5.46. The summed E-state index contributed by atoms with van der Waals surface area (Å²) in [7, 11) is -3.40. The molecule has 0 aliphatic carbocycles. The summed E-state index contributed by atoms with van der Waals surface area (Å²) in [6.07, 6.45) is 5.75. The molecule has 0 aliphatic heterocycles. The molecule has 0 spiro atoms. The summed E-state index contributed by atoms with van der Waals surface area (Å²) in [5.41, 5.74) is 0. The van der Waals surface area contributed by atoms with Gasteiger partial charge in [0, 0.05) is 0 Å². The van der Waals surface area contributed by atoms with E-state index in [4.69, 9.17) is 6.42 Å². The van der Waals surface area contributed by atoms with Crippen molar-refractivity contribution in [3.05, 3.63) is 0 Å². The van der Waals surface area contributed by atoms with E-state index in [1.165, 1.54) is 6.92 Å². The predicted molar refractivity (Wildman–Crippen MR) is 48.1 cm³/mol. The van der Waals surface area contributed by atoms with E-state index in [9.17, 15) is 8.42 Å². The Kier molecular flexibility index (Phi) is 4.95. The normalized spacial score (nSPS) is 13.8. The molecule has 0 fully saturated rings. The minimum Gasteiger partial charge on any atom is -0.254 e. The van der Waals surface area contributed by atoms with Gasteiger partial charge in [-0.05, 0) is 13.3 Å². The fraction of sp³-hybridized carbons (Fsp3) is 0.750. The van der Waals surface area contributed by atoms with E-state index in [1.807, 2.05) is 6.92 Å². The van der Waals surface area contributed by atoms with Gasteiger partial charge in [-0.1, -0.05) is 19.3 Å². The van der Waals surface area contributed by atoms with Gasteiger partial charge in [0.1, 0.15) is 6.10 Å². The van der Waals surface area contributed by atoms with E-state index in [0.29, 0.717) is 6.42 Å². The monoisotopic (exact) mass is 190 g/mol. The Balaban J connectivity index is 3.99. The first-order chi connectivity index (χ1) is 5.52. The summed E-state index contributed by atoms with van der Waals surface area (Å²) in [4.78, 5) is 0. The van der Waals surface area contributed by atoms with Crippen LogP contribution in [-0.2, 0) is 14.3 Å². The molecule has 0 N–H and O–H groups in total.